The van der Waals surface area contributed by atoms with Crippen LogP contribution in [0.2, 0.25) is 0 Å². The molecule has 0 aromatic heterocycles. The summed E-state index contributed by atoms with van der Waals surface area (Å²) in [4.78, 5) is 4.76. The van der Waals surface area contributed by atoms with Crippen LogP contribution in [0.5, 0.6) is 0 Å². The van der Waals surface area contributed by atoms with E-state index in [4.69, 9.17) is 0 Å². The van der Waals surface area contributed by atoms with Crippen LogP contribution in [-0.4, -0.2) is 30.1 Å². The SMILES string of the molecule is C1CCC(P(C2CCCCC2)C2CCCCC2)CC1.CC(C)c1cccc(C(C)C)c1N1[C]N(c2c(C(C)C)cccc2C(C)C)CC1.[Pd]. The van der Waals surface area contributed by atoms with Crippen LogP contribution in [0.4, 0.5) is 11.4 Å². The van der Waals surface area contributed by atoms with Gasteiger partial charge in [0.25, 0.3) is 0 Å². The monoisotopic (exact) mass is 776 g/mol. The molecule has 2 radical (unpaired) electrons. The number of hydrogen-bond acceptors (Lipinski definition) is 2. The van der Waals surface area contributed by atoms with Crippen molar-refractivity contribution in [3.05, 3.63) is 65.3 Å². The third kappa shape index (κ3) is 10.4. The quantitative estimate of drug-likeness (QED) is 0.185. The fraction of sp³-hybridized carbons (Fsp3) is 0.711. The smallest absolute Gasteiger partial charge is 0.208 e. The first-order valence-corrected chi connectivity index (χ1v) is 22.1. The van der Waals surface area contributed by atoms with Crippen molar-refractivity contribution in [2.75, 3.05) is 22.9 Å². The molecule has 0 spiro atoms. The Kier molecular flexibility index (Phi) is 16.5. The molecule has 1 heterocycles. The van der Waals surface area contributed by atoms with Gasteiger partial charge < -0.3 is 9.80 Å². The summed E-state index contributed by atoms with van der Waals surface area (Å²) in [5.41, 5.74) is 12.0. The summed E-state index contributed by atoms with van der Waals surface area (Å²) in [6.07, 6.45) is 23.6. The molecule has 1 aliphatic heterocycles. The van der Waals surface area contributed by atoms with Gasteiger partial charge in [0.1, 0.15) is 0 Å². The molecule has 2 aromatic carbocycles. The normalized spacial score (nSPS) is 20.0. The predicted molar refractivity (Wildman–Crippen MR) is 215 cm³/mol. The molecule has 4 fully saturated rings. The Hall–Kier alpha value is -0.868. The maximum Gasteiger partial charge on any atom is 0.208 e. The zero-order chi connectivity index (χ0) is 34.2. The van der Waals surface area contributed by atoms with Crippen LogP contribution in [0.1, 0.15) is 198 Å². The Morgan fingerprint density at radius 3 is 0.980 bits per heavy atom. The van der Waals surface area contributed by atoms with E-state index in [0.29, 0.717) is 31.6 Å². The van der Waals surface area contributed by atoms with Gasteiger partial charge in [0.15, 0.2) is 0 Å². The van der Waals surface area contributed by atoms with Gasteiger partial charge in [0, 0.05) is 44.9 Å². The fourth-order valence-electron chi connectivity index (χ4n) is 9.45. The van der Waals surface area contributed by atoms with Gasteiger partial charge in [-0.25, -0.2) is 0 Å². The number of benzene rings is 2. The summed E-state index contributed by atoms with van der Waals surface area (Å²) in [6, 6.07) is 13.6. The molecular formula is C45H71N2PPd. The van der Waals surface area contributed by atoms with Crippen LogP contribution >= 0.6 is 7.92 Å². The molecule has 4 aliphatic rings. The van der Waals surface area contributed by atoms with Gasteiger partial charge in [-0.3, -0.25) is 0 Å². The van der Waals surface area contributed by atoms with Gasteiger partial charge in [-0.05, 0) is 101 Å². The van der Waals surface area contributed by atoms with Crippen molar-refractivity contribution >= 4 is 19.3 Å². The van der Waals surface area contributed by atoms with E-state index >= 15 is 0 Å². The van der Waals surface area contributed by atoms with E-state index in [2.05, 4.69) is 108 Å². The summed E-state index contributed by atoms with van der Waals surface area (Å²) in [6.45, 7) is 24.1. The molecule has 0 atom stereocenters. The number of anilines is 2. The molecule has 2 nitrogen and oxygen atoms in total. The molecule has 0 unspecified atom stereocenters. The third-order valence-corrected chi connectivity index (χ3v) is 16.1. The van der Waals surface area contributed by atoms with Crippen LogP contribution in [0.15, 0.2) is 36.4 Å². The van der Waals surface area contributed by atoms with E-state index < -0.39 is 0 Å². The summed E-state index contributed by atoms with van der Waals surface area (Å²) < 4.78 is 0. The van der Waals surface area contributed by atoms with Gasteiger partial charge in [-0.1, -0.05) is 157 Å². The van der Waals surface area contributed by atoms with E-state index in [1.165, 1.54) is 69.9 Å². The third-order valence-electron chi connectivity index (χ3n) is 12.0. The van der Waals surface area contributed by atoms with Crippen LogP contribution in [0.25, 0.3) is 0 Å². The molecule has 49 heavy (non-hydrogen) atoms. The number of para-hydroxylation sites is 2. The average molecular weight is 777 g/mol. The van der Waals surface area contributed by atoms with Crippen molar-refractivity contribution in [1.82, 2.24) is 0 Å². The number of hydrogen-bond donors (Lipinski definition) is 0. The fourth-order valence-corrected chi connectivity index (χ4v) is 14.1. The molecular weight excluding hydrogens is 706 g/mol. The molecule has 0 amide bonds. The first-order chi connectivity index (χ1) is 23.2. The van der Waals surface area contributed by atoms with Gasteiger partial charge in [0.05, 0.1) is 0 Å². The van der Waals surface area contributed by atoms with E-state index in [0.717, 1.165) is 13.1 Å². The minimum atomic E-state index is 0. The van der Waals surface area contributed by atoms with Crippen molar-refractivity contribution in [3.8, 4) is 0 Å². The van der Waals surface area contributed by atoms with Crippen LogP contribution in [0, 0.1) is 6.67 Å². The van der Waals surface area contributed by atoms with Gasteiger partial charge in [-0.15, -0.1) is 0 Å². The predicted octanol–water partition coefficient (Wildman–Crippen LogP) is 14.0. The minimum absolute atomic E-state index is 0. The second-order valence-corrected chi connectivity index (χ2v) is 20.0. The Morgan fingerprint density at radius 1 is 0.469 bits per heavy atom. The molecule has 3 saturated carbocycles. The van der Waals surface area contributed by atoms with Gasteiger partial charge in [-0.2, -0.15) is 0 Å². The van der Waals surface area contributed by atoms with Crippen LogP contribution in [0.3, 0.4) is 0 Å². The molecule has 2 aromatic rings. The summed E-state index contributed by atoms with van der Waals surface area (Å²) in [5.74, 6) is 1.98. The Balaban J connectivity index is 0.000000234. The molecule has 3 aliphatic carbocycles. The molecule has 0 bridgehead atoms. The van der Waals surface area contributed by atoms with Crippen molar-refractivity contribution in [3.63, 3.8) is 0 Å². The Morgan fingerprint density at radius 2 is 0.735 bits per heavy atom. The maximum absolute atomic E-state index is 3.77. The summed E-state index contributed by atoms with van der Waals surface area (Å²) in [7, 11) is 0.385. The van der Waals surface area contributed by atoms with E-state index in [1.807, 2.05) is 0 Å². The topological polar surface area (TPSA) is 6.48 Å². The van der Waals surface area contributed by atoms with Crippen LogP contribution < -0.4 is 9.80 Å². The zero-order valence-corrected chi connectivity index (χ0v) is 35.1. The Bertz CT molecular complexity index is 1090. The first kappa shape index (κ1) is 40.9. The number of rotatable bonds is 9. The summed E-state index contributed by atoms with van der Waals surface area (Å²) in [5, 5.41) is 0. The van der Waals surface area contributed by atoms with Crippen molar-refractivity contribution in [2.45, 2.75) is 192 Å². The van der Waals surface area contributed by atoms with E-state index in [-0.39, 0.29) is 20.4 Å². The van der Waals surface area contributed by atoms with Gasteiger partial charge in [0.2, 0.25) is 6.67 Å². The average Bonchev–Trinajstić information content (AvgIpc) is 3.59. The molecule has 276 valence electrons. The molecule has 6 rings (SSSR count). The zero-order valence-electron chi connectivity index (χ0n) is 32.7. The van der Waals surface area contributed by atoms with Crippen molar-refractivity contribution in [2.24, 2.45) is 0 Å². The van der Waals surface area contributed by atoms with Crippen molar-refractivity contribution < 1.29 is 20.4 Å². The summed E-state index contributed by atoms with van der Waals surface area (Å²) >= 11 is 0. The standard InChI is InChI=1S/C27H38N2.C18H33P.Pd/c1-18(2)22-11-9-12-23(19(3)4)26(22)28-15-16-29(17-28)27-24(20(5)6)13-10-14-25(27)21(7)8;1-4-10-16(11-5-1)19(17-12-6-2-7-13-17)18-14-8-3-9-15-18;/h9-14,18-21H,15-16H2,1-8H3;16-18H,1-15H2;. The van der Waals surface area contributed by atoms with Crippen LogP contribution in [-0.2, 0) is 20.4 Å². The minimum Gasteiger partial charge on any atom is -0.339 e. The van der Waals surface area contributed by atoms with Crippen molar-refractivity contribution in [1.29, 1.82) is 0 Å². The maximum atomic E-state index is 3.77. The molecule has 4 heteroatoms. The number of nitrogens with zero attached hydrogens (tertiary/aromatic N) is 2. The largest absolute Gasteiger partial charge is 0.339 e. The second-order valence-electron chi connectivity index (χ2n) is 16.9. The Labute approximate surface area is 318 Å². The van der Waals surface area contributed by atoms with Gasteiger partial charge >= 0.3 is 0 Å². The van der Waals surface area contributed by atoms with E-state index in [9.17, 15) is 0 Å². The molecule has 1 saturated heterocycles. The first-order valence-electron chi connectivity index (χ1n) is 20.5. The second kappa shape index (κ2) is 19.8. The molecule has 0 N–H and O–H groups in total. The van der Waals surface area contributed by atoms with E-state index in [1.54, 1.807) is 77.0 Å².